The molecule has 2 aromatic carbocycles. The van der Waals surface area contributed by atoms with Crippen LogP contribution in [0.25, 0.3) is 22.2 Å². The van der Waals surface area contributed by atoms with E-state index >= 15 is 0 Å². The molecule has 2 atom stereocenters. The van der Waals surface area contributed by atoms with E-state index in [-0.39, 0.29) is 23.6 Å². The topological polar surface area (TPSA) is 104 Å². The van der Waals surface area contributed by atoms with Crippen molar-refractivity contribution in [1.82, 2.24) is 23.4 Å². The zero-order chi connectivity index (χ0) is 32.4. The second kappa shape index (κ2) is 11.7. The van der Waals surface area contributed by atoms with E-state index in [1.807, 2.05) is 24.3 Å². The maximum atomic E-state index is 14.3. The van der Waals surface area contributed by atoms with Gasteiger partial charge in [-0.1, -0.05) is 25.3 Å². The Balaban J connectivity index is 1.37. The third-order valence-electron chi connectivity index (χ3n) is 10.8. The maximum absolute atomic E-state index is 14.3. The molecule has 7 rings (SSSR count). The zero-order valence-electron chi connectivity index (χ0n) is 27.3. The lowest BCUT2D eigenvalue weighted by Gasteiger charge is -2.56. The van der Waals surface area contributed by atoms with E-state index in [4.69, 9.17) is 4.74 Å². The molecule has 246 valence electrons. The first-order valence-corrected chi connectivity index (χ1v) is 18.0. The molecular formula is C35H45N5O5S. The predicted molar refractivity (Wildman–Crippen MR) is 178 cm³/mol. The minimum atomic E-state index is -3.96. The van der Waals surface area contributed by atoms with Gasteiger partial charge in [0.05, 0.1) is 18.2 Å². The summed E-state index contributed by atoms with van der Waals surface area (Å²) < 4.78 is 36.1. The highest BCUT2D eigenvalue weighted by molar-refractivity contribution is 7.87. The smallest absolute Gasteiger partial charge is 0.303 e. The van der Waals surface area contributed by atoms with Crippen LogP contribution < -0.4 is 9.46 Å². The van der Waals surface area contributed by atoms with Crippen LogP contribution in [0.2, 0.25) is 0 Å². The van der Waals surface area contributed by atoms with Crippen LogP contribution in [0.15, 0.2) is 42.5 Å². The van der Waals surface area contributed by atoms with Crippen molar-refractivity contribution < 1.29 is 22.7 Å². The normalized spacial score (nSPS) is 22.9. The summed E-state index contributed by atoms with van der Waals surface area (Å²) in [5.74, 6) is 0.701. The van der Waals surface area contributed by atoms with E-state index in [1.165, 1.54) is 26.1 Å². The summed E-state index contributed by atoms with van der Waals surface area (Å²) in [7, 11) is 2.60. The highest BCUT2D eigenvalue weighted by Gasteiger charge is 2.58. The first-order chi connectivity index (χ1) is 22.0. The number of fused-ring (bicyclic) bond motifs is 3. The molecule has 0 unspecified atom stereocenters. The van der Waals surface area contributed by atoms with Gasteiger partial charge in [0, 0.05) is 62.3 Å². The van der Waals surface area contributed by atoms with Crippen LogP contribution >= 0.6 is 0 Å². The van der Waals surface area contributed by atoms with E-state index < -0.39 is 21.5 Å². The molecule has 10 nitrogen and oxygen atoms in total. The van der Waals surface area contributed by atoms with Crippen molar-refractivity contribution in [2.75, 3.05) is 41.3 Å². The number of piperidine rings is 1. The molecule has 0 spiro atoms. The van der Waals surface area contributed by atoms with Crippen molar-refractivity contribution >= 4 is 32.9 Å². The minimum absolute atomic E-state index is 0.259. The van der Waals surface area contributed by atoms with Crippen molar-refractivity contribution in [3.63, 3.8) is 0 Å². The number of aromatic nitrogens is 1. The molecule has 4 fully saturated rings. The fourth-order valence-electron chi connectivity index (χ4n) is 8.13. The van der Waals surface area contributed by atoms with Gasteiger partial charge in [-0.05, 0) is 92.6 Å². The van der Waals surface area contributed by atoms with Crippen LogP contribution in [0, 0.1) is 5.41 Å². The number of hydrogen-bond donors (Lipinski definition) is 1. The summed E-state index contributed by atoms with van der Waals surface area (Å²) >= 11 is 0. The second-order valence-electron chi connectivity index (χ2n) is 14.1. The fourth-order valence-corrected chi connectivity index (χ4v) is 8.67. The molecule has 2 bridgehead atoms. The summed E-state index contributed by atoms with van der Waals surface area (Å²) in [6.07, 6.45) is 8.46. The lowest BCUT2D eigenvalue weighted by Crippen LogP contribution is -2.70. The van der Waals surface area contributed by atoms with E-state index in [9.17, 15) is 18.0 Å². The highest BCUT2D eigenvalue weighted by atomic mass is 32.2. The largest absolute Gasteiger partial charge is 0.497 e. The van der Waals surface area contributed by atoms with E-state index in [0.717, 1.165) is 90.3 Å². The number of carbonyl (C=O) groups excluding carboxylic acids is 2. The van der Waals surface area contributed by atoms with Crippen LogP contribution in [0.3, 0.4) is 0 Å². The standard InChI is InChI=1S/C35H45N5O5S/c1-37(2)46(43,44)36-33(41)25-12-15-29-30(18-25)39(22-35(16-17-35)34(42)40-26-19-27(40)21-38(3)20-26)32(24-10-13-28(45-4)14-11-24)31(29)23-8-6-5-7-9-23/h10-15,18,23,26-27H,5-9,16-17,19-22H2,1-4H3,(H,36,41)/t26-,27+. The van der Waals surface area contributed by atoms with Crippen LogP contribution in [-0.4, -0.2) is 92.3 Å². The maximum Gasteiger partial charge on any atom is 0.303 e. The van der Waals surface area contributed by atoms with Crippen LogP contribution in [0.4, 0.5) is 0 Å². The first-order valence-electron chi connectivity index (χ1n) is 16.6. The Bertz CT molecular complexity index is 1760. The number of carbonyl (C=O) groups is 2. The number of nitrogens with zero attached hydrogens (tertiary/aromatic N) is 4. The van der Waals surface area contributed by atoms with Crippen molar-refractivity contribution in [3.8, 4) is 17.0 Å². The number of nitrogens with one attached hydrogen (secondary N) is 1. The zero-order valence-corrected chi connectivity index (χ0v) is 28.1. The molecule has 3 heterocycles. The number of hydrogen-bond acceptors (Lipinski definition) is 6. The number of ether oxygens (including phenoxy) is 1. The van der Waals surface area contributed by atoms with Gasteiger partial charge < -0.3 is 19.1 Å². The molecule has 4 aliphatic rings. The Hall–Kier alpha value is -3.41. The molecule has 0 radical (unpaired) electrons. The summed E-state index contributed by atoms with van der Waals surface area (Å²) in [6.45, 7) is 2.35. The SMILES string of the molecule is COc1ccc(-c2c(C3CCCCC3)c3ccc(C(=O)NS(=O)(=O)N(C)C)cc3n2CC2(C(=O)N3[C@@H]4C[C@H]3CN(C)C4)CC2)cc1. The molecule has 2 saturated heterocycles. The molecule has 1 aromatic heterocycles. The molecule has 3 aromatic rings. The van der Waals surface area contributed by atoms with Crippen LogP contribution in [0.5, 0.6) is 5.75 Å². The molecule has 2 aliphatic heterocycles. The lowest BCUT2D eigenvalue weighted by molar-refractivity contribution is -0.159. The second-order valence-corrected chi connectivity index (χ2v) is 16.0. The van der Waals surface area contributed by atoms with Gasteiger partial charge in [-0.3, -0.25) is 9.59 Å². The van der Waals surface area contributed by atoms with Gasteiger partial charge in [0.15, 0.2) is 0 Å². The number of piperazine rings is 1. The van der Waals surface area contributed by atoms with Crippen molar-refractivity contribution in [2.24, 2.45) is 5.41 Å². The first kappa shape index (κ1) is 31.2. The van der Waals surface area contributed by atoms with Crippen molar-refractivity contribution in [3.05, 3.63) is 53.6 Å². The average Bonchev–Trinajstić information content (AvgIpc) is 3.76. The van der Waals surface area contributed by atoms with Gasteiger partial charge in [0.25, 0.3) is 5.91 Å². The van der Waals surface area contributed by atoms with E-state index in [1.54, 1.807) is 13.2 Å². The molecular weight excluding hydrogens is 602 g/mol. The number of rotatable bonds is 9. The number of likely N-dealkylation sites (N-methyl/N-ethyl adjacent to an activating group) is 1. The Morgan fingerprint density at radius 3 is 2.28 bits per heavy atom. The predicted octanol–water partition coefficient (Wildman–Crippen LogP) is 4.60. The van der Waals surface area contributed by atoms with Crippen molar-refractivity contribution in [2.45, 2.75) is 75.9 Å². The van der Waals surface area contributed by atoms with Gasteiger partial charge in [0.2, 0.25) is 5.91 Å². The van der Waals surface area contributed by atoms with E-state index in [0.29, 0.717) is 12.5 Å². The van der Waals surface area contributed by atoms with Gasteiger partial charge >= 0.3 is 10.2 Å². The Labute approximate surface area is 271 Å². The Kier molecular flexibility index (Phi) is 7.92. The summed E-state index contributed by atoms with van der Waals surface area (Å²) in [5.41, 5.74) is 4.04. The fraction of sp³-hybridized carbons (Fsp3) is 0.543. The van der Waals surface area contributed by atoms with Gasteiger partial charge in [-0.2, -0.15) is 12.7 Å². The van der Waals surface area contributed by atoms with Crippen molar-refractivity contribution in [1.29, 1.82) is 0 Å². The molecule has 46 heavy (non-hydrogen) atoms. The highest BCUT2D eigenvalue weighted by Crippen LogP contribution is 2.54. The molecule has 2 saturated carbocycles. The molecule has 1 N–H and O–H groups in total. The minimum Gasteiger partial charge on any atom is -0.497 e. The van der Waals surface area contributed by atoms with Gasteiger partial charge in [0.1, 0.15) is 5.75 Å². The number of methoxy groups -OCH3 is 1. The summed E-state index contributed by atoms with van der Waals surface area (Å²) in [5, 5.41) is 1.07. The average molecular weight is 648 g/mol. The molecule has 2 amide bonds. The quantitative estimate of drug-likeness (QED) is 0.364. The van der Waals surface area contributed by atoms with Crippen LogP contribution in [-0.2, 0) is 21.5 Å². The summed E-state index contributed by atoms with van der Waals surface area (Å²) in [6, 6.07) is 14.2. The number of benzene rings is 2. The molecule has 11 heteroatoms. The monoisotopic (exact) mass is 647 g/mol. The lowest BCUT2D eigenvalue weighted by atomic mass is 9.81. The van der Waals surface area contributed by atoms with Crippen LogP contribution in [0.1, 0.15) is 73.2 Å². The summed E-state index contributed by atoms with van der Waals surface area (Å²) in [4.78, 5) is 32.2. The Morgan fingerprint density at radius 2 is 1.67 bits per heavy atom. The van der Waals surface area contributed by atoms with E-state index in [2.05, 4.69) is 38.3 Å². The molecule has 2 aliphatic carbocycles. The Morgan fingerprint density at radius 1 is 1.00 bits per heavy atom. The third kappa shape index (κ3) is 5.40. The third-order valence-corrected chi connectivity index (χ3v) is 12.2. The van der Waals surface area contributed by atoms with Gasteiger partial charge in [-0.15, -0.1) is 0 Å². The van der Waals surface area contributed by atoms with Gasteiger partial charge in [-0.25, -0.2) is 4.72 Å². The number of amides is 2. The number of likely N-dealkylation sites (tertiary alicyclic amines) is 2.